The van der Waals surface area contributed by atoms with Crippen LogP contribution in [0, 0.1) is 0 Å². The molecule has 0 saturated heterocycles. The van der Waals surface area contributed by atoms with Gasteiger partial charge in [0.25, 0.3) is 0 Å². The van der Waals surface area contributed by atoms with Gasteiger partial charge in [-0.05, 0) is 6.42 Å². The third-order valence-corrected chi connectivity index (χ3v) is 5.50. The highest BCUT2D eigenvalue weighted by Gasteiger charge is 2.33. The molecule has 0 rings (SSSR count). The van der Waals surface area contributed by atoms with E-state index in [-0.39, 0.29) is 0 Å². The lowest BCUT2D eigenvalue weighted by Gasteiger charge is -2.23. The molecule has 0 saturated carbocycles. The van der Waals surface area contributed by atoms with Gasteiger partial charge in [0.05, 0.1) is 6.61 Å². The monoisotopic (exact) mass is 480 g/mol. The molecule has 9 heteroatoms. The van der Waals surface area contributed by atoms with E-state index in [9.17, 15) is 9.59 Å². The van der Waals surface area contributed by atoms with E-state index in [0.29, 0.717) is 6.42 Å². The van der Waals surface area contributed by atoms with Crippen LogP contribution in [-0.2, 0) is 9.59 Å². The molecular formula is C24H48O9. The van der Waals surface area contributed by atoms with E-state index in [2.05, 4.69) is 6.92 Å². The van der Waals surface area contributed by atoms with Crippen LogP contribution in [0.15, 0.2) is 0 Å². The predicted octanol–water partition coefficient (Wildman–Crippen LogP) is 2.84. The summed E-state index contributed by atoms with van der Waals surface area (Å²) < 4.78 is 0. The number of carbonyl (C=O) groups is 2. The average molecular weight is 481 g/mol. The normalized spacial score (nSPS) is 14.6. The topological polar surface area (TPSA) is 176 Å². The smallest absolute Gasteiger partial charge is 0.335 e. The Bertz CT molecular complexity index is 459. The van der Waals surface area contributed by atoms with Crippen molar-refractivity contribution in [2.45, 2.75) is 134 Å². The first kappa shape index (κ1) is 33.9. The lowest BCUT2D eigenvalue weighted by Crippen LogP contribution is -2.48. The van der Waals surface area contributed by atoms with E-state index in [0.717, 1.165) is 12.8 Å². The van der Waals surface area contributed by atoms with Gasteiger partial charge >= 0.3 is 11.9 Å². The Morgan fingerprint density at radius 1 is 0.606 bits per heavy atom. The van der Waals surface area contributed by atoms with Gasteiger partial charge < -0.3 is 35.7 Å². The lowest BCUT2D eigenvalue weighted by molar-refractivity contribution is -0.164. The third-order valence-electron chi connectivity index (χ3n) is 5.50. The van der Waals surface area contributed by atoms with Crippen molar-refractivity contribution in [2.75, 3.05) is 6.61 Å². The summed E-state index contributed by atoms with van der Waals surface area (Å²) >= 11 is 0. The fourth-order valence-electron chi connectivity index (χ4n) is 3.32. The molecule has 0 bridgehead atoms. The van der Waals surface area contributed by atoms with E-state index in [4.69, 9.17) is 35.7 Å². The SMILES string of the molecule is CCCCCCCCCCCCCCCCCC(=O)O.O=C(O)C(O)C(O)C(O)C(O)CO. The summed E-state index contributed by atoms with van der Waals surface area (Å²) in [5.41, 5.74) is 0. The molecule has 0 aliphatic rings. The number of hydrogen-bond donors (Lipinski definition) is 7. The number of aliphatic carboxylic acids is 2. The van der Waals surface area contributed by atoms with Gasteiger partial charge in [-0.1, -0.05) is 96.8 Å². The summed E-state index contributed by atoms with van der Waals surface area (Å²) in [5, 5.41) is 60.3. The van der Waals surface area contributed by atoms with E-state index in [1.54, 1.807) is 0 Å². The maximum Gasteiger partial charge on any atom is 0.335 e. The van der Waals surface area contributed by atoms with E-state index < -0.39 is 43.0 Å². The maximum absolute atomic E-state index is 10.3. The highest BCUT2D eigenvalue weighted by Crippen LogP contribution is 2.13. The standard InChI is InChI=1S/C18H36O2.C6H12O7/c1-2-3-4-5-6-7-8-9-10-11-12-13-14-15-16-17-18(19)20;7-1-2(8)3(9)4(10)5(11)6(12)13/h2-17H2,1H3,(H,19,20);2-5,7-11H,1H2,(H,12,13). The van der Waals surface area contributed by atoms with Gasteiger partial charge in [0.2, 0.25) is 0 Å². The molecule has 198 valence electrons. The molecule has 4 unspecified atom stereocenters. The Morgan fingerprint density at radius 3 is 1.27 bits per heavy atom. The minimum Gasteiger partial charge on any atom is -0.481 e. The summed E-state index contributed by atoms with van der Waals surface area (Å²) in [4.78, 5) is 20.4. The number of carboxylic acid groups (broad SMARTS) is 2. The molecule has 0 radical (unpaired) electrons. The molecule has 33 heavy (non-hydrogen) atoms. The second-order valence-corrected chi connectivity index (χ2v) is 8.61. The first-order chi connectivity index (χ1) is 15.7. The minimum absolute atomic E-state index is 0.345. The van der Waals surface area contributed by atoms with Crippen LogP contribution >= 0.6 is 0 Å². The quantitative estimate of drug-likeness (QED) is 0.122. The van der Waals surface area contributed by atoms with Crippen molar-refractivity contribution in [2.24, 2.45) is 0 Å². The Balaban J connectivity index is 0. The first-order valence-corrected chi connectivity index (χ1v) is 12.5. The van der Waals surface area contributed by atoms with Crippen LogP contribution in [0.2, 0.25) is 0 Å². The predicted molar refractivity (Wildman–Crippen MR) is 126 cm³/mol. The van der Waals surface area contributed by atoms with Crippen LogP contribution < -0.4 is 0 Å². The molecule has 0 amide bonds. The van der Waals surface area contributed by atoms with E-state index in [1.807, 2.05) is 0 Å². The van der Waals surface area contributed by atoms with Crippen molar-refractivity contribution in [1.82, 2.24) is 0 Å². The largest absolute Gasteiger partial charge is 0.481 e. The lowest BCUT2D eigenvalue weighted by atomic mass is 10.0. The Kier molecular flexibility index (Phi) is 24.5. The zero-order chi connectivity index (χ0) is 25.5. The summed E-state index contributed by atoms with van der Waals surface area (Å²) in [7, 11) is 0. The minimum atomic E-state index is -2.20. The second kappa shape index (κ2) is 23.9. The molecule has 0 aromatic heterocycles. The molecule has 0 aliphatic heterocycles. The Hall–Kier alpha value is -1.26. The fraction of sp³-hybridized carbons (Fsp3) is 0.917. The van der Waals surface area contributed by atoms with Crippen LogP contribution in [0.3, 0.4) is 0 Å². The van der Waals surface area contributed by atoms with Crippen LogP contribution in [0.25, 0.3) is 0 Å². The molecule has 0 aromatic carbocycles. The van der Waals surface area contributed by atoms with Gasteiger partial charge in [-0.25, -0.2) is 4.79 Å². The zero-order valence-electron chi connectivity index (χ0n) is 20.3. The number of aliphatic hydroxyl groups is 5. The molecule has 0 aliphatic carbocycles. The molecule has 0 spiro atoms. The highest BCUT2D eigenvalue weighted by molar-refractivity contribution is 5.72. The molecule has 0 heterocycles. The van der Waals surface area contributed by atoms with Crippen LogP contribution in [-0.4, -0.2) is 78.7 Å². The van der Waals surface area contributed by atoms with Gasteiger partial charge in [0.1, 0.15) is 18.3 Å². The summed E-state index contributed by atoms with van der Waals surface area (Å²) in [5.74, 6) is -2.38. The second-order valence-electron chi connectivity index (χ2n) is 8.61. The van der Waals surface area contributed by atoms with Gasteiger partial charge in [0, 0.05) is 6.42 Å². The van der Waals surface area contributed by atoms with Gasteiger partial charge in [0.15, 0.2) is 6.10 Å². The Morgan fingerprint density at radius 2 is 0.970 bits per heavy atom. The van der Waals surface area contributed by atoms with Crippen molar-refractivity contribution in [3.8, 4) is 0 Å². The van der Waals surface area contributed by atoms with Gasteiger partial charge in [-0.2, -0.15) is 0 Å². The average Bonchev–Trinajstić information content (AvgIpc) is 2.79. The van der Waals surface area contributed by atoms with Crippen LogP contribution in [0.5, 0.6) is 0 Å². The van der Waals surface area contributed by atoms with Crippen molar-refractivity contribution in [1.29, 1.82) is 0 Å². The van der Waals surface area contributed by atoms with Crippen LogP contribution in [0.4, 0.5) is 0 Å². The molecule has 9 nitrogen and oxygen atoms in total. The van der Waals surface area contributed by atoms with Crippen molar-refractivity contribution < 1.29 is 45.3 Å². The molecular weight excluding hydrogens is 432 g/mol. The van der Waals surface area contributed by atoms with E-state index >= 15 is 0 Å². The van der Waals surface area contributed by atoms with Gasteiger partial charge in [-0.3, -0.25) is 4.79 Å². The maximum atomic E-state index is 10.3. The summed E-state index contributed by atoms with van der Waals surface area (Å²) in [6, 6.07) is 0. The Labute approximate surface area is 198 Å². The van der Waals surface area contributed by atoms with Crippen molar-refractivity contribution in [3.63, 3.8) is 0 Å². The fourth-order valence-corrected chi connectivity index (χ4v) is 3.32. The molecule has 7 N–H and O–H groups in total. The van der Waals surface area contributed by atoms with Crippen LogP contribution in [0.1, 0.15) is 110 Å². The first-order valence-electron chi connectivity index (χ1n) is 12.5. The highest BCUT2D eigenvalue weighted by atomic mass is 16.4. The number of unbranched alkanes of at least 4 members (excludes halogenated alkanes) is 14. The van der Waals surface area contributed by atoms with Gasteiger partial charge in [-0.15, -0.1) is 0 Å². The third kappa shape index (κ3) is 22.3. The summed E-state index contributed by atoms with van der Waals surface area (Å²) in [6.45, 7) is 1.43. The number of hydrogen-bond acceptors (Lipinski definition) is 7. The molecule has 0 fully saturated rings. The molecule has 0 aromatic rings. The number of rotatable bonds is 21. The zero-order valence-corrected chi connectivity index (χ0v) is 20.3. The summed E-state index contributed by atoms with van der Waals surface area (Å²) in [6.07, 6.45) is 12.4. The number of aliphatic hydroxyl groups excluding tert-OH is 5. The number of carboxylic acids is 2. The van der Waals surface area contributed by atoms with E-state index in [1.165, 1.54) is 83.5 Å². The van der Waals surface area contributed by atoms with Crippen molar-refractivity contribution >= 4 is 11.9 Å². The molecule has 4 atom stereocenters. The van der Waals surface area contributed by atoms with Crippen molar-refractivity contribution in [3.05, 3.63) is 0 Å².